The summed E-state index contributed by atoms with van der Waals surface area (Å²) in [7, 11) is 1.99. The highest BCUT2D eigenvalue weighted by Crippen LogP contribution is 2.82. The fourth-order valence-corrected chi connectivity index (χ4v) is 11.5. The maximum Gasteiger partial charge on any atom is 0.302 e. The van der Waals surface area contributed by atoms with Gasteiger partial charge in [0.25, 0.3) is 0 Å². The number of hydrogen-bond acceptors (Lipinski definition) is 4. The molecule has 0 unspecified atom stereocenters. The van der Waals surface area contributed by atoms with Gasteiger partial charge in [0.15, 0.2) is 0 Å². The van der Waals surface area contributed by atoms with E-state index in [1.165, 1.54) is 51.4 Å². The van der Waals surface area contributed by atoms with Gasteiger partial charge in [-0.15, -0.1) is 0 Å². The first-order valence-electron chi connectivity index (χ1n) is 14.7. The van der Waals surface area contributed by atoms with Crippen LogP contribution in [-0.4, -0.2) is 36.5 Å². The second kappa shape index (κ2) is 7.49. The monoisotopic (exact) mass is 486 g/mol. The zero-order chi connectivity index (χ0) is 25.2. The van der Waals surface area contributed by atoms with Crippen LogP contribution in [0, 0.1) is 51.8 Å². The lowest BCUT2D eigenvalue weighted by molar-refractivity contribution is -0.166. The van der Waals surface area contributed by atoms with Gasteiger partial charge in [0.1, 0.15) is 6.10 Å². The lowest BCUT2D eigenvalue weighted by atomic mass is 9.45. The van der Waals surface area contributed by atoms with E-state index in [4.69, 9.17) is 14.2 Å². The molecule has 35 heavy (non-hydrogen) atoms. The van der Waals surface area contributed by atoms with Crippen molar-refractivity contribution < 1.29 is 19.0 Å². The fraction of sp³-hybridized carbons (Fsp3) is 0.968. The van der Waals surface area contributed by atoms with Gasteiger partial charge in [0, 0.05) is 25.9 Å². The Labute approximate surface area is 213 Å². The Morgan fingerprint density at radius 2 is 1.74 bits per heavy atom. The Morgan fingerprint density at radius 1 is 1.03 bits per heavy atom. The predicted molar refractivity (Wildman–Crippen MR) is 137 cm³/mol. The number of methoxy groups -OCH3 is 1. The highest BCUT2D eigenvalue weighted by Gasteiger charge is 2.77. The molecule has 4 heteroatoms. The van der Waals surface area contributed by atoms with E-state index >= 15 is 0 Å². The van der Waals surface area contributed by atoms with Crippen LogP contribution in [0.25, 0.3) is 0 Å². The summed E-state index contributed by atoms with van der Waals surface area (Å²) in [6, 6.07) is 0. The van der Waals surface area contributed by atoms with Gasteiger partial charge in [-0.25, -0.2) is 0 Å². The average Bonchev–Trinajstić information content (AvgIpc) is 3.50. The molecule has 5 saturated carbocycles. The molecule has 0 bridgehead atoms. The number of hydrogen-bond donors (Lipinski definition) is 0. The summed E-state index contributed by atoms with van der Waals surface area (Å²) in [5.41, 5.74) is 0.987. The second-order valence-corrected chi connectivity index (χ2v) is 15.0. The van der Waals surface area contributed by atoms with Crippen LogP contribution in [0.3, 0.4) is 0 Å². The average molecular weight is 487 g/mol. The molecule has 1 heterocycles. The molecule has 0 aromatic rings. The van der Waals surface area contributed by atoms with Gasteiger partial charge in [0.05, 0.1) is 17.3 Å². The lowest BCUT2D eigenvalue weighted by Gasteiger charge is -2.61. The van der Waals surface area contributed by atoms with E-state index in [-0.39, 0.29) is 23.3 Å². The number of rotatable bonds is 6. The third-order valence-electron chi connectivity index (χ3n) is 13.7. The van der Waals surface area contributed by atoms with Crippen molar-refractivity contribution in [2.24, 2.45) is 51.8 Å². The molecule has 1 saturated heterocycles. The highest BCUT2D eigenvalue weighted by atomic mass is 16.6. The zero-order valence-electron chi connectivity index (χ0n) is 23.6. The largest absolute Gasteiger partial charge is 0.462 e. The van der Waals surface area contributed by atoms with Gasteiger partial charge < -0.3 is 14.2 Å². The molecule has 1 spiro atoms. The molecule has 0 aromatic carbocycles. The summed E-state index contributed by atoms with van der Waals surface area (Å²) >= 11 is 0. The Hall–Kier alpha value is -0.610. The van der Waals surface area contributed by atoms with Gasteiger partial charge in [-0.3, -0.25) is 4.79 Å². The summed E-state index contributed by atoms with van der Waals surface area (Å²) < 4.78 is 18.5. The molecular weight excluding hydrogens is 436 g/mol. The van der Waals surface area contributed by atoms with Gasteiger partial charge in [-0.05, 0) is 118 Å². The fourth-order valence-electron chi connectivity index (χ4n) is 11.5. The molecule has 4 nitrogen and oxygen atoms in total. The molecular formula is C31H50O4. The van der Waals surface area contributed by atoms with Crippen molar-refractivity contribution in [3.05, 3.63) is 0 Å². The van der Waals surface area contributed by atoms with Crippen LogP contribution in [0.15, 0.2) is 0 Å². The van der Waals surface area contributed by atoms with E-state index in [9.17, 15) is 4.79 Å². The van der Waals surface area contributed by atoms with Crippen LogP contribution in [-0.2, 0) is 19.0 Å². The first-order valence-corrected chi connectivity index (χ1v) is 14.7. The van der Waals surface area contributed by atoms with Crippen molar-refractivity contribution in [2.75, 3.05) is 7.11 Å². The molecule has 0 radical (unpaired) electrons. The Balaban J connectivity index is 1.25. The van der Waals surface area contributed by atoms with Crippen molar-refractivity contribution in [3.8, 4) is 0 Å². The zero-order valence-corrected chi connectivity index (χ0v) is 23.6. The molecule has 0 aromatic heterocycles. The van der Waals surface area contributed by atoms with Crippen LogP contribution in [0.5, 0.6) is 0 Å². The topological polar surface area (TPSA) is 48.1 Å². The maximum atomic E-state index is 12.2. The number of esters is 1. The van der Waals surface area contributed by atoms with E-state index in [0.717, 1.165) is 30.1 Å². The van der Waals surface area contributed by atoms with E-state index < -0.39 is 0 Å². The van der Waals surface area contributed by atoms with Crippen molar-refractivity contribution >= 4 is 5.97 Å². The van der Waals surface area contributed by atoms with Gasteiger partial charge >= 0.3 is 5.97 Å². The summed E-state index contributed by atoms with van der Waals surface area (Å²) in [5, 5.41) is 0. The van der Waals surface area contributed by atoms with E-state index in [2.05, 4.69) is 41.5 Å². The van der Waals surface area contributed by atoms with Crippen LogP contribution in [0.1, 0.15) is 106 Å². The number of epoxide rings is 1. The van der Waals surface area contributed by atoms with Crippen LogP contribution >= 0.6 is 0 Å². The van der Waals surface area contributed by atoms with Gasteiger partial charge in [-0.1, -0.05) is 20.8 Å². The minimum Gasteiger partial charge on any atom is -0.462 e. The highest BCUT2D eigenvalue weighted by molar-refractivity contribution is 5.66. The van der Waals surface area contributed by atoms with Crippen molar-refractivity contribution in [1.29, 1.82) is 0 Å². The normalized spacial score (nSPS) is 54.6. The molecule has 0 N–H and O–H groups in total. The SMILES string of the molecule is CO[C@@H]1C[C@H]2[C@@H]3CC[C@H]([C@H](C)[C@@H](C[C@]4(C)OC4(C)C)OC(C)=O)[C@@]3(C)CC[C@@H]2[C@@]2(C)CC[C@H]3C[C@]312. The van der Waals surface area contributed by atoms with Crippen molar-refractivity contribution in [3.63, 3.8) is 0 Å². The van der Waals surface area contributed by atoms with Gasteiger partial charge in [0.2, 0.25) is 0 Å². The first-order chi connectivity index (χ1) is 16.3. The number of carbonyl (C=O) groups excluding carboxylic acids is 1. The van der Waals surface area contributed by atoms with E-state index in [1.807, 2.05) is 7.11 Å². The second-order valence-electron chi connectivity index (χ2n) is 15.0. The number of carbonyl (C=O) groups is 1. The third kappa shape index (κ3) is 3.14. The Morgan fingerprint density at radius 3 is 2.34 bits per heavy atom. The Bertz CT molecular complexity index is 898. The summed E-state index contributed by atoms with van der Waals surface area (Å²) in [6.45, 7) is 15.7. The Kier molecular flexibility index (Phi) is 5.29. The molecule has 12 atom stereocenters. The molecule has 198 valence electrons. The van der Waals surface area contributed by atoms with Crippen molar-refractivity contribution in [1.82, 2.24) is 0 Å². The molecule has 6 rings (SSSR count). The lowest BCUT2D eigenvalue weighted by Crippen LogP contribution is -2.57. The molecule has 6 aliphatic rings. The summed E-state index contributed by atoms with van der Waals surface area (Å²) in [6.07, 6.45) is 12.1. The third-order valence-corrected chi connectivity index (χ3v) is 13.7. The smallest absolute Gasteiger partial charge is 0.302 e. The summed E-state index contributed by atoms with van der Waals surface area (Å²) in [4.78, 5) is 12.2. The van der Waals surface area contributed by atoms with Crippen molar-refractivity contribution in [2.45, 2.75) is 130 Å². The van der Waals surface area contributed by atoms with Crippen LogP contribution in [0.2, 0.25) is 0 Å². The van der Waals surface area contributed by atoms with Crippen LogP contribution < -0.4 is 0 Å². The summed E-state index contributed by atoms with van der Waals surface area (Å²) in [5.74, 6) is 4.18. The minimum atomic E-state index is -0.195. The number of fused-ring (bicyclic) bond motifs is 4. The van der Waals surface area contributed by atoms with Gasteiger partial charge in [-0.2, -0.15) is 0 Å². The quantitative estimate of drug-likeness (QED) is 0.306. The van der Waals surface area contributed by atoms with E-state index in [0.29, 0.717) is 34.2 Å². The predicted octanol–water partition coefficient (Wildman–Crippen LogP) is 6.80. The molecule has 1 aliphatic heterocycles. The number of ether oxygens (including phenoxy) is 3. The molecule has 0 amide bonds. The maximum absolute atomic E-state index is 12.2. The first kappa shape index (κ1) is 24.7. The molecule has 6 fully saturated rings. The standard InChI is InChI=1S/C31H50O4/c1-18(25(34-19(2)32)17-30(7)27(3,4)35-30)22-9-10-23-21-15-26(33-8)31-16-20(31)11-14-29(31,6)24(21)12-13-28(22,23)5/h18,20-26H,9-17H2,1-8H3/t18-,20-,21-,22+,23-,24-,25+,26+,28+,29+,30-,31-/m0/s1. The van der Waals surface area contributed by atoms with Crippen LogP contribution in [0.4, 0.5) is 0 Å². The van der Waals surface area contributed by atoms with E-state index in [1.54, 1.807) is 6.92 Å². The molecule has 5 aliphatic carbocycles. The minimum absolute atomic E-state index is 0.0708.